The first-order chi connectivity index (χ1) is 6.29. The Hall–Kier alpha value is -1.44. The van der Waals surface area contributed by atoms with E-state index in [-0.39, 0.29) is 5.78 Å². The summed E-state index contributed by atoms with van der Waals surface area (Å²) < 4.78 is 0. The van der Waals surface area contributed by atoms with Crippen molar-refractivity contribution in [3.05, 3.63) is 29.8 Å². The van der Waals surface area contributed by atoms with E-state index in [0.717, 1.165) is 5.69 Å². The molecular formula is C11H13NO. The lowest BCUT2D eigenvalue weighted by Crippen LogP contribution is -1.96. The van der Waals surface area contributed by atoms with Crippen molar-refractivity contribution in [3.8, 4) is 0 Å². The second-order valence-electron chi connectivity index (χ2n) is 2.68. The molecule has 2 nitrogen and oxygen atoms in total. The second kappa shape index (κ2) is 4.55. The Morgan fingerprint density at radius 2 is 2.15 bits per heavy atom. The van der Waals surface area contributed by atoms with Gasteiger partial charge in [0.2, 0.25) is 0 Å². The van der Waals surface area contributed by atoms with Crippen LogP contribution >= 0.6 is 0 Å². The molecule has 2 heteroatoms. The van der Waals surface area contributed by atoms with Gasteiger partial charge in [0.25, 0.3) is 0 Å². The molecule has 1 aromatic carbocycles. The van der Waals surface area contributed by atoms with Crippen LogP contribution in [0, 0.1) is 0 Å². The molecule has 0 aliphatic rings. The van der Waals surface area contributed by atoms with Crippen molar-refractivity contribution in [2.45, 2.75) is 20.3 Å². The predicted octanol–water partition coefficient (Wildman–Crippen LogP) is 3.00. The minimum absolute atomic E-state index is 0.140. The maximum absolute atomic E-state index is 11.4. The molecule has 0 unspecified atom stereocenters. The van der Waals surface area contributed by atoms with Gasteiger partial charge in [-0.25, -0.2) is 0 Å². The first kappa shape index (κ1) is 9.65. The molecule has 13 heavy (non-hydrogen) atoms. The zero-order valence-electron chi connectivity index (χ0n) is 7.95. The Bertz CT molecular complexity index is 329. The van der Waals surface area contributed by atoms with E-state index in [1.807, 2.05) is 38.1 Å². The number of para-hydroxylation sites is 1. The number of hydrogen-bond donors (Lipinski definition) is 0. The van der Waals surface area contributed by atoms with Crippen LogP contribution in [0.4, 0.5) is 5.69 Å². The van der Waals surface area contributed by atoms with E-state index in [2.05, 4.69) is 4.99 Å². The van der Waals surface area contributed by atoms with Gasteiger partial charge in [-0.15, -0.1) is 0 Å². The standard InChI is InChI=1S/C11H13NO/c1-3-11(13)9-7-5-6-8-10(9)12-4-2/h4-8H,3H2,1-2H3. The van der Waals surface area contributed by atoms with Gasteiger partial charge >= 0.3 is 0 Å². The molecule has 0 saturated heterocycles. The molecule has 1 rings (SSSR count). The molecular weight excluding hydrogens is 162 g/mol. The fourth-order valence-corrected chi connectivity index (χ4v) is 1.15. The highest BCUT2D eigenvalue weighted by Crippen LogP contribution is 2.19. The third-order valence-electron chi connectivity index (χ3n) is 1.79. The zero-order chi connectivity index (χ0) is 9.68. The lowest BCUT2D eigenvalue weighted by molar-refractivity contribution is 0.0989. The van der Waals surface area contributed by atoms with Crippen LogP contribution in [0.3, 0.4) is 0 Å². The van der Waals surface area contributed by atoms with Crippen molar-refractivity contribution in [2.24, 2.45) is 4.99 Å². The molecule has 68 valence electrons. The fraction of sp³-hybridized carbons (Fsp3) is 0.273. The summed E-state index contributed by atoms with van der Waals surface area (Å²) in [6, 6.07) is 7.41. The highest BCUT2D eigenvalue weighted by Gasteiger charge is 2.06. The zero-order valence-corrected chi connectivity index (χ0v) is 7.95. The molecule has 1 aromatic rings. The van der Waals surface area contributed by atoms with Crippen LogP contribution in [0.1, 0.15) is 30.6 Å². The van der Waals surface area contributed by atoms with Crippen LogP contribution < -0.4 is 0 Å². The average molecular weight is 175 g/mol. The van der Waals surface area contributed by atoms with E-state index < -0.39 is 0 Å². The minimum atomic E-state index is 0.140. The quantitative estimate of drug-likeness (QED) is 0.513. The number of aliphatic imine (C=N–C) groups is 1. The molecule has 0 fully saturated rings. The van der Waals surface area contributed by atoms with Gasteiger partial charge < -0.3 is 0 Å². The Morgan fingerprint density at radius 1 is 1.46 bits per heavy atom. The highest BCUT2D eigenvalue weighted by molar-refractivity contribution is 6.00. The first-order valence-corrected chi connectivity index (χ1v) is 4.40. The number of rotatable bonds is 3. The molecule has 0 spiro atoms. The highest BCUT2D eigenvalue weighted by atomic mass is 16.1. The van der Waals surface area contributed by atoms with Gasteiger partial charge in [0.1, 0.15) is 0 Å². The van der Waals surface area contributed by atoms with E-state index in [0.29, 0.717) is 12.0 Å². The third-order valence-corrected chi connectivity index (χ3v) is 1.79. The largest absolute Gasteiger partial charge is 0.294 e. The number of hydrogen-bond acceptors (Lipinski definition) is 2. The van der Waals surface area contributed by atoms with E-state index in [9.17, 15) is 4.79 Å². The molecule has 0 amide bonds. The Morgan fingerprint density at radius 3 is 2.77 bits per heavy atom. The third kappa shape index (κ3) is 2.25. The summed E-state index contributed by atoms with van der Waals surface area (Å²) in [4.78, 5) is 15.6. The maximum atomic E-state index is 11.4. The van der Waals surface area contributed by atoms with E-state index in [1.165, 1.54) is 0 Å². The number of nitrogens with zero attached hydrogens (tertiary/aromatic N) is 1. The number of carbonyl (C=O) groups is 1. The molecule has 0 aliphatic heterocycles. The Labute approximate surface area is 78.3 Å². The molecule has 0 aliphatic carbocycles. The lowest BCUT2D eigenvalue weighted by atomic mass is 10.1. The summed E-state index contributed by atoms with van der Waals surface area (Å²) in [6.07, 6.45) is 2.22. The van der Waals surface area contributed by atoms with E-state index in [1.54, 1.807) is 6.21 Å². The van der Waals surface area contributed by atoms with Gasteiger partial charge in [0.05, 0.1) is 5.69 Å². The van der Waals surface area contributed by atoms with Gasteiger partial charge in [-0.1, -0.05) is 19.1 Å². The van der Waals surface area contributed by atoms with Crippen molar-refractivity contribution < 1.29 is 4.79 Å². The number of benzene rings is 1. The molecule has 0 saturated carbocycles. The van der Waals surface area contributed by atoms with Crippen LogP contribution in [0.2, 0.25) is 0 Å². The average Bonchev–Trinajstić information content (AvgIpc) is 2.18. The summed E-state index contributed by atoms with van der Waals surface area (Å²) in [5, 5.41) is 0. The molecule has 0 radical (unpaired) electrons. The van der Waals surface area contributed by atoms with E-state index in [4.69, 9.17) is 0 Å². The smallest absolute Gasteiger partial charge is 0.164 e. The van der Waals surface area contributed by atoms with E-state index >= 15 is 0 Å². The van der Waals surface area contributed by atoms with Crippen LogP contribution in [0.15, 0.2) is 29.3 Å². The SMILES string of the molecule is CC=Nc1ccccc1C(=O)CC. The van der Waals surface area contributed by atoms with Crippen LogP contribution in [0.25, 0.3) is 0 Å². The van der Waals surface area contributed by atoms with Crippen LogP contribution in [-0.4, -0.2) is 12.0 Å². The van der Waals surface area contributed by atoms with Crippen molar-refractivity contribution in [1.82, 2.24) is 0 Å². The molecule has 0 atom stereocenters. The summed E-state index contributed by atoms with van der Waals surface area (Å²) in [5.41, 5.74) is 1.47. The van der Waals surface area contributed by atoms with Gasteiger partial charge in [0, 0.05) is 18.2 Å². The summed E-state index contributed by atoms with van der Waals surface area (Å²) in [6.45, 7) is 3.70. The monoisotopic (exact) mass is 175 g/mol. The first-order valence-electron chi connectivity index (χ1n) is 4.40. The molecule has 0 bridgehead atoms. The predicted molar refractivity (Wildman–Crippen MR) is 54.9 cm³/mol. The lowest BCUT2D eigenvalue weighted by Gasteiger charge is -2.01. The second-order valence-corrected chi connectivity index (χ2v) is 2.68. The maximum Gasteiger partial charge on any atom is 0.164 e. The Kier molecular flexibility index (Phi) is 3.38. The van der Waals surface area contributed by atoms with Gasteiger partial charge in [0.15, 0.2) is 5.78 Å². The van der Waals surface area contributed by atoms with Gasteiger partial charge in [-0.05, 0) is 19.1 Å². The normalized spacial score (nSPS) is 10.6. The number of Topliss-reactive ketones (excluding diaryl/α,β-unsaturated/α-hetero) is 1. The van der Waals surface area contributed by atoms with Crippen molar-refractivity contribution in [1.29, 1.82) is 0 Å². The number of carbonyl (C=O) groups excluding carboxylic acids is 1. The summed E-state index contributed by atoms with van der Waals surface area (Å²) >= 11 is 0. The molecule has 0 heterocycles. The summed E-state index contributed by atoms with van der Waals surface area (Å²) in [7, 11) is 0. The summed E-state index contributed by atoms with van der Waals surface area (Å²) in [5.74, 6) is 0.140. The fourth-order valence-electron chi connectivity index (χ4n) is 1.15. The number of ketones is 1. The molecule has 0 N–H and O–H groups in total. The topological polar surface area (TPSA) is 29.4 Å². The van der Waals surface area contributed by atoms with Crippen LogP contribution in [-0.2, 0) is 0 Å². The van der Waals surface area contributed by atoms with Gasteiger partial charge in [-0.3, -0.25) is 9.79 Å². The van der Waals surface area contributed by atoms with Gasteiger partial charge in [-0.2, -0.15) is 0 Å². The van der Waals surface area contributed by atoms with Crippen molar-refractivity contribution in [2.75, 3.05) is 0 Å². The van der Waals surface area contributed by atoms with Crippen LogP contribution in [0.5, 0.6) is 0 Å². The molecule has 0 aromatic heterocycles. The Balaban J connectivity index is 3.11. The minimum Gasteiger partial charge on any atom is -0.294 e. The van der Waals surface area contributed by atoms with Crippen molar-refractivity contribution >= 4 is 17.7 Å². The van der Waals surface area contributed by atoms with Crippen molar-refractivity contribution in [3.63, 3.8) is 0 Å².